The van der Waals surface area contributed by atoms with E-state index in [4.69, 9.17) is 9.72 Å². The maximum Gasteiger partial charge on any atom is 0.179 e. The third-order valence-corrected chi connectivity index (χ3v) is 25.2. The van der Waals surface area contributed by atoms with Gasteiger partial charge in [0.1, 0.15) is 5.82 Å². The quantitative estimate of drug-likeness (QED) is 0.0778. The van der Waals surface area contributed by atoms with Crippen molar-refractivity contribution in [1.29, 1.82) is 0 Å². The van der Waals surface area contributed by atoms with Gasteiger partial charge in [-0.25, -0.2) is 4.98 Å². The van der Waals surface area contributed by atoms with E-state index >= 15 is 0 Å². The van der Waals surface area contributed by atoms with Gasteiger partial charge in [-0.05, 0) is 158 Å². The van der Waals surface area contributed by atoms with E-state index in [0.717, 1.165) is 99.4 Å². The van der Waals surface area contributed by atoms with Crippen molar-refractivity contribution < 1.29 is 25.8 Å². The summed E-state index contributed by atoms with van der Waals surface area (Å²) in [5.74, 6) is 1.95. The summed E-state index contributed by atoms with van der Waals surface area (Å²) in [7, 11) is -3.03. The monoisotopic (exact) mass is 1480 g/mol. The molecule has 5 heterocycles. The second kappa shape index (κ2) is 24.3. The number of benzene rings is 13. The van der Waals surface area contributed by atoms with Crippen LogP contribution >= 0.6 is 0 Å². The number of para-hydroxylation sites is 4. The van der Waals surface area contributed by atoms with Gasteiger partial charge in [0.15, 0.2) is 8.07 Å². The normalized spacial score (nSPS) is 12.5. The third kappa shape index (κ3) is 10.2. The minimum Gasteiger partial charge on any atom is -0.509 e. The van der Waals surface area contributed by atoms with Crippen molar-refractivity contribution in [3.63, 3.8) is 0 Å². The Morgan fingerprint density at radius 2 is 0.900 bits per heavy atom. The minimum atomic E-state index is -3.03. The zero-order valence-electron chi connectivity index (χ0n) is 56.5. The van der Waals surface area contributed by atoms with Gasteiger partial charge in [-0.15, -0.1) is 35.7 Å². The first-order valence-electron chi connectivity index (χ1n) is 34.2. The van der Waals surface area contributed by atoms with Gasteiger partial charge in [-0.3, -0.25) is 0 Å². The molecule has 0 radical (unpaired) electrons. The van der Waals surface area contributed by atoms with Gasteiger partial charge in [0.05, 0.1) is 11.0 Å². The molecule has 18 rings (SSSR count). The predicted octanol–water partition coefficient (Wildman–Crippen LogP) is 21.0. The van der Waals surface area contributed by atoms with Crippen LogP contribution in [0.15, 0.2) is 310 Å². The largest absolute Gasteiger partial charge is 0.509 e. The molecule has 0 aliphatic carbocycles. The molecule has 0 bridgehead atoms. The Morgan fingerprint density at radius 1 is 0.380 bits per heavy atom. The molecule has 1 aliphatic heterocycles. The molecular formula is C92H70N5OPtSi-3. The van der Waals surface area contributed by atoms with Gasteiger partial charge < -0.3 is 23.3 Å². The first-order chi connectivity index (χ1) is 48.4. The van der Waals surface area contributed by atoms with Crippen LogP contribution in [0.4, 0.5) is 11.4 Å². The standard InChI is InChI=1S/C92H70N5OSi.Pt/c1-91(2,3)62-51-52-93-88(56-62)97-85-50-47-65(96-83-44-22-20-39-77(83)78-40-21-23-45-84(78)96)58-82(85)79-49-48-67(59-87(79)97)98-66-28-24-27-64(57-66)94-60-95-89-72(41-25-42-80(89)75-37-18-16-35-73(75)74-36-17-19-38-76(74)81-43-26-46-86(94)90(81)95)61-53-63(92(4,5)6)55-71(54-61)99(68-29-10-7-11-30-68,69-31-12-8-13-32-69)70-33-14-9-15-34-70;/h7-56,58,60H,1-6H3;/q-3;. The van der Waals surface area contributed by atoms with Gasteiger partial charge in [0.2, 0.25) is 0 Å². The summed E-state index contributed by atoms with van der Waals surface area (Å²) in [4.78, 5) is 7.38. The van der Waals surface area contributed by atoms with Crippen molar-refractivity contribution in [2.75, 3.05) is 4.90 Å². The molecule has 17 aromatic rings. The SMILES string of the molecule is CC(C)(C)c1cc(-c2cccc3c4ccccc4c4ccccc4c4cccc5c4n(c23)[CH-]N5c2[c-]c(Oc3[c-]c4c(cc3)c3cc(-n5c6ccccc6c6ccccc65)ccc3n4-c3cc(C(C)(C)C)ccn3)ccc2)cc([Si](c2ccccc2)(c2ccccc2)c2ccccc2)c1.[Pt]. The van der Waals surface area contributed by atoms with E-state index in [-0.39, 0.29) is 31.9 Å². The molecule has 0 unspecified atom stereocenters. The number of aromatic nitrogens is 4. The Bertz CT molecular complexity index is 6010. The van der Waals surface area contributed by atoms with Crippen LogP contribution in [0.5, 0.6) is 11.5 Å². The number of pyridine rings is 1. The number of ether oxygens (including phenoxy) is 1. The van der Waals surface area contributed by atoms with Crippen LogP contribution in [-0.4, -0.2) is 26.8 Å². The average molecular weight is 1480 g/mol. The molecule has 0 saturated carbocycles. The first kappa shape index (κ1) is 62.3. The van der Waals surface area contributed by atoms with Crippen molar-refractivity contribution in [1.82, 2.24) is 18.7 Å². The van der Waals surface area contributed by atoms with Gasteiger partial charge in [-0.1, -0.05) is 277 Å². The Hall–Kier alpha value is -11.2. The van der Waals surface area contributed by atoms with Crippen molar-refractivity contribution >= 4 is 127 Å². The molecule has 1 aliphatic rings. The average Bonchev–Trinajstić information content (AvgIpc) is 1.34. The van der Waals surface area contributed by atoms with E-state index in [0.29, 0.717) is 11.5 Å². The van der Waals surface area contributed by atoms with E-state index in [1.807, 2.05) is 18.3 Å². The Labute approximate surface area is 598 Å². The summed E-state index contributed by atoms with van der Waals surface area (Å²) in [6.07, 6.45) is 1.93. The van der Waals surface area contributed by atoms with Crippen LogP contribution in [0.25, 0.3) is 110 Å². The van der Waals surface area contributed by atoms with Gasteiger partial charge >= 0.3 is 0 Å². The number of hydrogen-bond acceptors (Lipinski definition) is 3. The van der Waals surface area contributed by atoms with E-state index in [9.17, 15) is 0 Å². The summed E-state index contributed by atoms with van der Waals surface area (Å²) >= 11 is 0. The zero-order chi connectivity index (χ0) is 66.7. The van der Waals surface area contributed by atoms with Crippen LogP contribution in [0, 0.1) is 18.8 Å². The minimum absolute atomic E-state index is 0. The van der Waals surface area contributed by atoms with Crippen molar-refractivity contribution in [3.05, 3.63) is 339 Å². The molecule has 0 atom stereocenters. The van der Waals surface area contributed by atoms with E-state index in [2.05, 4.69) is 370 Å². The van der Waals surface area contributed by atoms with Gasteiger partial charge in [-0.2, -0.15) is 12.1 Å². The molecule has 13 aromatic carbocycles. The summed E-state index contributed by atoms with van der Waals surface area (Å²) in [5.41, 5.74) is 13.8. The zero-order valence-corrected chi connectivity index (χ0v) is 59.8. The molecule has 0 spiro atoms. The number of anilines is 2. The van der Waals surface area contributed by atoms with Crippen LogP contribution in [0.2, 0.25) is 0 Å². The molecule has 100 heavy (non-hydrogen) atoms. The summed E-state index contributed by atoms with van der Waals surface area (Å²) < 4.78 is 14.2. The van der Waals surface area contributed by atoms with E-state index in [1.165, 1.54) is 53.4 Å². The van der Waals surface area contributed by atoms with E-state index < -0.39 is 8.07 Å². The van der Waals surface area contributed by atoms with Crippen LogP contribution < -0.4 is 30.4 Å². The smallest absolute Gasteiger partial charge is 0.179 e. The fraction of sp³-hybridized carbons (Fsp3) is 0.0870. The fourth-order valence-corrected chi connectivity index (χ4v) is 20.6. The summed E-state index contributed by atoms with van der Waals surface area (Å²) in [6, 6.07) is 120. The predicted molar refractivity (Wildman–Crippen MR) is 417 cm³/mol. The van der Waals surface area contributed by atoms with Gasteiger partial charge in [0.25, 0.3) is 0 Å². The second-order valence-electron chi connectivity index (χ2n) is 28.4. The number of hydrogen-bond donors (Lipinski definition) is 0. The maximum absolute atomic E-state index is 7.06. The van der Waals surface area contributed by atoms with Crippen molar-refractivity contribution in [2.45, 2.75) is 52.4 Å². The molecule has 486 valence electrons. The van der Waals surface area contributed by atoms with Crippen LogP contribution in [0.3, 0.4) is 0 Å². The summed E-state index contributed by atoms with van der Waals surface area (Å²) in [6.45, 7) is 16.1. The molecular weight excluding hydrogens is 1410 g/mol. The molecule has 0 N–H and O–H groups in total. The molecule has 0 amide bonds. The molecule has 4 aromatic heterocycles. The van der Waals surface area contributed by atoms with Gasteiger partial charge in [0, 0.05) is 66.4 Å². The third-order valence-electron chi connectivity index (χ3n) is 20.5. The van der Waals surface area contributed by atoms with Crippen molar-refractivity contribution in [2.24, 2.45) is 0 Å². The molecule has 6 nitrogen and oxygen atoms in total. The van der Waals surface area contributed by atoms with Crippen molar-refractivity contribution in [3.8, 4) is 34.1 Å². The van der Waals surface area contributed by atoms with Crippen LogP contribution in [0.1, 0.15) is 52.7 Å². The van der Waals surface area contributed by atoms with E-state index in [1.54, 1.807) is 0 Å². The number of nitrogens with zero attached hydrogens (tertiary/aromatic N) is 5. The Balaban J connectivity index is 0.00000748. The molecule has 0 saturated heterocycles. The number of rotatable bonds is 10. The second-order valence-corrected chi connectivity index (χ2v) is 32.2. The van der Waals surface area contributed by atoms with Crippen LogP contribution in [-0.2, 0) is 31.9 Å². The first-order valence-corrected chi connectivity index (χ1v) is 36.2. The Morgan fingerprint density at radius 3 is 1.51 bits per heavy atom. The fourth-order valence-electron chi connectivity index (χ4n) is 15.8. The number of fused-ring (bicyclic) bond motifs is 13. The summed E-state index contributed by atoms with van der Waals surface area (Å²) in [5, 5.41) is 16.9. The topological polar surface area (TPSA) is 40.1 Å². The maximum atomic E-state index is 7.06. The Kier molecular flexibility index (Phi) is 15.2. The molecule has 8 heteroatoms. The molecule has 0 fully saturated rings.